The fourth-order valence-electron chi connectivity index (χ4n) is 4.68. The maximum atomic E-state index is 14.7. The third-order valence-corrected chi connectivity index (χ3v) is 6.96. The largest absolute Gasteiger partial charge is 0.396 e. The lowest BCUT2D eigenvalue weighted by Gasteiger charge is -2.33. The van der Waals surface area contributed by atoms with Crippen molar-refractivity contribution in [2.75, 3.05) is 23.7 Å². The molecule has 2 aromatic carbocycles. The standard InChI is InChI=1S/C28H33F2N5O/c1-5-6-17(2)19(4)36-34-18(3)20-9-11-35(12-10-20)28-24-15-22(29)14-23(27(24)32-16-33-28)21-7-8-26(31)25(30)13-21/h7-8,13-17,20H,4-6,9-12,31H2,1-3H3/b34-18+. The van der Waals surface area contributed by atoms with Gasteiger partial charge >= 0.3 is 0 Å². The number of anilines is 2. The zero-order valence-corrected chi connectivity index (χ0v) is 21.1. The van der Waals surface area contributed by atoms with Crippen molar-refractivity contribution < 1.29 is 13.6 Å². The summed E-state index contributed by atoms with van der Waals surface area (Å²) < 4.78 is 28.8. The van der Waals surface area contributed by atoms with Gasteiger partial charge in [-0.2, -0.15) is 0 Å². The molecule has 6 nitrogen and oxygen atoms in total. The van der Waals surface area contributed by atoms with E-state index in [-0.39, 0.29) is 17.5 Å². The van der Waals surface area contributed by atoms with E-state index >= 15 is 0 Å². The second-order valence-electron chi connectivity index (χ2n) is 9.52. The molecule has 0 amide bonds. The number of allylic oxidation sites excluding steroid dienone is 1. The van der Waals surface area contributed by atoms with Gasteiger partial charge in [0.1, 0.15) is 29.5 Å². The molecule has 8 heteroatoms. The van der Waals surface area contributed by atoms with Crippen molar-refractivity contribution in [3.63, 3.8) is 0 Å². The molecule has 2 N–H and O–H groups in total. The molecule has 2 heterocycles. The number of hydrogen-bond acceptors (Lipinski definition) is 6. The molecule has 1 aromatic heterocycles. The number of nitrogen functional groups attached to an aromatic ring is 1. The number of piperidine rings is 1. The van der Waals surface area contributed by atoms with Gasteiger partial charge in [0, 0.05) is 35.9 Å². The van der Waals surface area contributed by atoms with Crippen LogP contribution in [0.1, 0.15) is 46.5 Å². The molecule has 3 aromatic rings. The number of fused-ring (bicyclic) bond motifs is 1. The van der Waals surface area contributed by atoms with Crippen LogP contribution in [0.5, 0.6) is 0 Å². The molecule has 0 spiro atoms. The van der Waals surface area contributed by atoms with Crippen LogP contribution in [0, 0.1) is 23.5 Å². The first-order valence-corrected chi connectivity index (χ1v) is 12.4. The van der Waals surface area contributed by atoms with Gasteiger partial charge in [0.05, 0.1) is 16.9 Å². The van der Waals surface area contributed by atoms with Gasteiger partial charge in [0.2, 0.25) is 0 Å². The first-order chi connectivity index (χ1) is 17.3. The van der Waals surface area contributed by atoms with E-state index in [9.17, 15) is 8.78 Å². The predicted molar refractivity (Wildman–Crippen MR) is 142 cm³/mol. The number of nitrogens with zero attached hydrogens (tertiary/aromatic N) is 4. The van der Waals surface area contributed by atoms with Crippen molar-refractivity contribution in [1.29, 1.82) is 0 Å². The van der Waals surface area contributed by atoms with Crippen molar-refractivity contribution in [2.45, 2.75) is 46.5 Å². The maximum Gasteiger partial charge on any atom is 0.146 e. The van der Waals surface area contributed by atoms with E-state index in [0.29, 0.717) is 33.6 Å². The molecule has 4 rings (SSSR count). The van der Waals surface area contributed by atoms with Gasteiger partial charge in [-0.3, -0.25) is 0 Å². The van der Waals surface area contributed by atoms with Crippen molar-refractivity contribution >= 4 is 28.1 Å². The highest BCUT2D eigenvalue weighted by Gasteiger charge is 2.25. The molecule has 36 heavy (non-hydrogen) atoms. The van der Waals surface area contributed by atoms with Crippen LogP contribution in [0.3, 0.4) is 0 Å². The van der Waals surface area contributed by atoms with E-state index in [1.807, 2.05) is 6.92 Å². The Morgan fingerprint density at radius 1 is 1.22 bits per heavy atom. The van der Waals surface area contributed by atoms with Crippen LogP contribution in [0.4, 0.5) is 20.3 Å². The number of halogens is 2. The molecule has 190 valence electrons. The molecule has 1 aliphatic heterocycles. The highest BCUT2D eigenvalue weighted by atomic mass is 19.1. The second kappa shape index (κ2) is 11.0. The molecule has 0 aliphatic carbocycles. The van der Waals surface area contributed by atoms with Gasteiger partial charge in [-0.25, -0.2) is 18.7 Å². The second-order valence-corrected chi connectivity index (χ2v) is 9.52. The average molecular weight is 494 g/mol. The molecule has 1 atom stereocenters. The van der Waals surface area contributed by atoms with E-state index < -0.39 is 11.6 Å². The summed E-state index contributed by atoms with van der Waals surface area (Å²) in [6.07, 6.45) is 5.31. The third kappa shape index (κ3) is 5.48. The summed E-state index contributed by atoms with van der Waals surface area (Å²) in [6.45, 7) is 11.7. The number of benzene rings is 2. The van der Waals surface area contributed by atoms with Crippen LogP contribution >= 0.6 is 0 Å². The molecule has 0 saturated carbocycles. The summed E-state index contributed by atoms with van der Waals surface area (Å²) in [7, 11) is 0. The van der Waals surface area contributed by atoms with Crippen LogP contribution in [0.25, 0.3) is 22.0 Å². The van der Waals surface area contributed by atoms with Crippen LogP contribution in [-0.4, -0.2) is 28.8 Å². The molecule has 1 saturated heterocycles. The smallest absolute Gasteiger partial charge is 0.146 e. The third-order valence-electron chi connectivity index (χ3n) is 6.96. The normalized spacial score (nSPS) is 15.8. The lowest BCUT2D eigenvalue weighted by Crippen LogP contribution is -2.36. The Morgan fingerprint density at radius 3 is 2.67 bits per heavy atom. The van der Waals surface area contributed by atoms with Crippen LogP contribution in [0.15, 0.2) is 54.2 Å². The van der Waals surface area contributed by atoms with Gasteiger partial charge in [-0.05, 0) is 56.0 Å². The molecular formula is C28H33F2N5O. The number of aromatic nitrogens is 2. The Balaban J connectivity index is 1.53. The van der Waals surface area contributed by atoms with Crippen molar-refractivity contribution in [3.05, 3.63) is 60.6 Å². The van der Waals surface area contributed by atoms with Crippen molar-refractivity contribution in [1.82, 2.24) is 9.97 Å². The first-order valence-electron chi connectivity index (χ1n) is 12.4. The SMILES string of the molecule is C=C(O/N=C(\C)C1CCN(c2ncnc3c(-c4ccc(N)c(F)c4)cc(F)cc23)CC1)C(C)CCC. The zero-order chi connectivity index (χ0) is 25.8. The Kier molecular flexibility index (Phi) is 7.82. The molecule has 0 radical (unpaired) electrons. The van der Waals surface area contributed by atoms with Gasteiger partial charge in [0.15, 0.2) is 0 Å². The summed E-state index contributed by atoms with van der Waals surface area (Å²) in [5.41, 5.74) is 8.19. The molecule has 1 unspecified atom stereocenters. The Bertz CT molecular complexity index is 1280. The summed E-state index contributed by atoms with van der Waals surface area (Å²) >= 11 is 0. The Hall–Kier alpha value is -3.55. The molecule has 0 bridgehead atoms. The van der Waals surface area contributed by atoms with E-state index in [1.165, 1.54) is 30.6 Å². The molecule has 1 fully saturated rings. The lowest BCUT2D eigenvalue weighted by molar-refractivity contribution is 0.188. The Morgan fingerprint density at radius 2 is 1.97 bits per heavy atom. The number of oxime groups is 1. The average Bonchev–Trinajstić information content (AvgIpc) is 2.88. The topological polar surface area (TPSA) is 76.6 Å². The van der Waals surface area contributed by atoms with Crippen LogP contribution in [0.2, 0.25) is 0 Å². The zero-order valence-electron chi connectivity index (χ0n) is 21.1. The first kappa shape index (κ1) is 25.5. The highest BCUT2D eigenvalue weighted by Crippen LogP contribution is 2.35. The summed E-state index contributed by atoms with van der Waals surface area (Å²) in [6, 6.07) is 7.25. The monoisotopic (exact) mass is 493 g/mol. The fraction of sp³-hybridized carbons (Fsp3) is 0.393. The van der Waals surface area contributed by atoms with E-state index in [0.717, 1.165) is 44.5 Å². The minimum Gasteiger partial charge on any atom is -0.396 e. The van der Waals surface area contributed by atoms with E-state index in [1.54, 1.807) is 6.07 Å². The van der Waals surface area contributed by atoms with Gasteiger partial charge in [-0.15, -0.1) is 0 Å². The minimum atomic E-state index is -0.550. The maximum absolute atomic E-state index is 14.7. The fourth-order valence-corrected chi connectivity index (χ4v) is 4.68. The number of hydrogen-bond donors (Lipinski definition) is 1. The summed E-state index contributed by atoms with van der Waals surface area (Å²) in [4.78, 5) is 16.7. The number of nitrogens with two attached hydrogens (primary N) is 1. The predicted octanol–water partition coefficient (Wildman–Crippen LogP) is 6.72. The minimum absolute atomic E-state index is 0.0432. The van der Waals surface area contributed by atoms with Crippen LogP contribution < -0.4 is 10.6 Å². The molecule has 1 aliphatic rings. The molecular weight excluding hydrogens is 460 g/mol. The van der Waals surface area contributed by atoms with Gasteiger partial charge in [-0.1, -0.05) is 38.1 Å². The lowest BCUT2D eigenvalue weighted by atomic mass is 9.92. The van der Waals surface area contributed by atoms with E-state index in [4.69, 9.17) is 10.6 Å². The van der Waals surface area contributed by atoms with Gasteiger partial charge in [0.25, 0.3) is 0 Å². The van der Waals surface area contributed by atoms with E-state index in [2.05, 4.69) is 40.4 Å². The number of rotatable bonds is 8. The van der Waals surface area contributed by atoms with Crippen molar-refractivity contribution in [2.24, 2.45) is 17.0 Å². The van der Waals surface area contributed by atoms with Crippen LogP contribution in [-0.2, 0) is 4.84 Å². The quantitative estimate of drug-likeness (QED) is 0.163. The highest BCUT2D eigenvalue weighted by molar-refractivity contribution is 5.99. The summed E-state index contributed by atoms with van der Waals surface area (Å²) in [5, 5.41) is 4.95. The summed E-state index contributed by atoms with van der Waals surface area (Å²) in [5.74, 6) is 0.940. The van der Waals surface area contributed by atoms with Crippen molar-refractivity contribution in [3.8, 4) is 11.1 Å². The Labute approximate surface area is 210 Å². The van der Waals surface area contributed by atoms with Gasteiger partial charge < -0.3 is 15.5 Å².